The third-order valence-corrected chi connectivity index (χ3v) is 3.40. The summed E-state index contributed by atoms with van der Waals surface area (Å²) in [4.78, 5) is 0. The van der Waals surface area contributed by atoms with Crippen LogP contribution in [0.5, 0.6) is 11.5 Å². The summed E-state index contributed by atoms with van der Waals surface area (Å²) in [6, 6.07) is 6.55. The molecule has 0 aliphatic heterocycles. The first-order valence-corrected chi connectivity index (χ1v) is 6.41. The molecule has 0 radical (unpaired) electrons. The van der Waals surface area contributed by atoms with E-state index in [4.69, 9.17) is 9.47 Å². The van der Waals surface area contributed by atoms with E-state index in [0.717, 1.165) is 29.3 Å². The van der Waals surface area contributed by atoms with E-state index in [2.05, 4.69) is 14.8 Å². The van der Waals surface area contributed by atoms with Crippen LogP contribution in [0, 0.1) is 0 Å². The second-order valence-corrected chi connectivity index (χ2v) is 4.75. The topological polar surface area (TPSA) is 49.2 Å². The maximum atomic E-state index is 5.32. The molecule has 1 aromatic carbocycles. The summed E-state index contributed by atoms with van der Waals surface area (Å²) in [6.45, 7) is 0. The molecule has 3 rings (SSSR count). The molecule has 1 heterocycles. The minimum absolute atomic E-state index is 0.602. The van der Waals surface area contributed by atoms with Crippen molar-refractivity contribution in [3.8, 4) is 11.5 Å². The van der Waals surface area contributed by atoms with Crippen molar-refractivity contribution in [3.63, 3.8) is 0 Å². The first-order valence-electron chi connectivity index (χ1n) is 6.41. The zero-order chi connectivity index (χ0) is 13.2. The lowest BCUT2D eigenvalue weighted by Gasteiger charge is -2.10. The Morgan fingerprint density at radius 1 is 1.21 bits per heavy atom. The molecule has 0 unspecified atom stereocenters. The summed E-state index contributed by atoms with van der Waals surface area (Å²) in [6.07, 6.45) is 5.05. The van der Waals surface area contributed by atoms with Gasteiger partial charge in [-0.05, 0) is 30.5 Å². The highest BCUT2D eigenvalue weighted by atomic mass is 16.5. The minimum atomic E-state index is 0.602. The van der Waals surface area contributed by atoms with Gasteiger partial charge in [0.2, 0.25) is 0 Å². The molecule has 1 saturated carbocycles. The Labute approximate surface area is 112 Å². The molecule has 1 aliphatic carbocycles. The highest BCUT2D eigenvalue weighted by molar-refractivity contribution is 5.43. The molecule has 2 aromatic rings. The molecule has 5 nitrogen and oxygen atoms in total. The number of rotatable bonds is 5. The van der Waals surface area contributed by atoms with Gasteiger partial charge in [-0.3, -0.25) is 0 Å². The Hall–Kier alpha value is -2.04. The van der Waals surface area contributed by atoms with Crippen LogP contribution in [0.25, 0.3) is 0 Å². The molecule has 0 atom stereocenters. The lowest BCUT2D eigenvalue weighted by atomic mass is 10.1. The van der Waals surface area contributed by atoms with Crippen LogP contribution in [-0.4, -0.2) is 29.0 Å². The van der Waals surface area contributed by atoms with Crippen LogP contribution in [0.3, 0.4) is 0 Å². The molecule has 1 aliphatic rings. The summed E-state index contributed by atoms with van der Waals surface area (Å²) >= 11 is 0. The molecule has 19 heavy (non-hydrogen) atoms. The summed E-state index contributed by atoms with van der Waals surface area (Å²) in [5, 5.41) is 8.22. The quantitative estimate of drug-likeness (QED) is 0.826. The fourth-order valence-corrected chi connectivity index (χ4v) is 2.22. The van der Waals surface area contributed by atoms with Crippen molar-refractivity contribution in [1.82, 2.24) is 14.8 Å². The second kappa shape index (κ2) is 4.91. The number of methoxy groups -OCH3 is 2. The first-order chi connectivity index (χ1) is 9.31. The van der Waals surface area contributed by atoms with Crippen LogP contribution < -0.4 is 9.47 Å². The summed E-state index contributed by atoms with van der Waals surface area (Å²) in [7, 11) is 3.29. The predicted octanol–water partition coefficient (Wildman–Crippen LogP) is 2.22. The number of hydrogen-bond acceptors (Lipinski definition) is 4. The average molecular weight is 259 g/mol. The number of aromatic nitrogens is 3. The van der Waals surface area contributed by atoms with Crippen molar-refractivity contribution in [2.24, 2.45) is 0 Å². The lowest BCUT2D eigenvalue weighted by Crippen LogP contribution is -2.02. The molecule has 1 aromatic heterocycles. The van der Waals surface area contributed by atoms with Crippen molar-refractivity contribution >= 4 is 0 Å². The minimum Gasteiger partial charge on any atom is -0.493 e. The van der Waals surface area contributed by atoms with Gasteiger partial charge in [0, 0.05) is 12.5 Å². The zero-order valence-electron chi connectivity index (χ0n) is 11.2. The van der Waals surface area contributed by atoms with Crippen LogP contribution in [0.2, 0.25) is 0 Å². The van der Waals surface area contributed by atoms with Crippen LogP contribution in [-0.2, 0) is 6.42 Å². The highest BCUT2D eigenvalue weighted by Crippen LogP contribution is 2.36. The Balaban J connectivity index is 1.84. The molecule has 5 heteroatoms. The van der Waals surface area contributed by atoms with Gasteiger partial charge in [-0.15, -0.1) is 10.2 Å². The van der Waals surface area contributed by atoms with Crippen LogP contribution in [0.15, 0.2) is 24.5 Å². The van der Waals surface area contributed by atoms with Gasteiger partial charge in [-0.25, -0.2) is 0 Å². The van der Waals surface area contributed by atoms with Gasteiger partial charge >= 0.3 is 0 Å². The van der Waals surface area contributed by atoms with Crippen LogP contribution in [0.1, 0.15) is 30.3 Å². The lowest BCUT2D eigenvalue weighted by molar-refractivity contribution is 0.354. The number of benzene rings is 1. The van der Waals surface area contributed by atoms with E-state index in [-0.39, 0.29) is 0 Å². The molecule has 0 N–H and O–H groups in total. The Kier molecular flexibility index (Phi) is 3.11. The van der Waals surface area contributed by atoms with E-state index in [1.165, 1.54) is 12.8 Å². The van der Waals surface area contributed by atoms with Gasteiger partial charge in [-0.1, -0.05) is 6.07 Å². The Bertz CT molecular complexity index is 576. The van der Waals surface area contributed by atoms with E-state index in [1.54, 1.807) is 14.2 Å². The molecular formula is C14H17N3O2. The molecular weight excluding hydrogens is 242 g/mol. The van der Waals surface area contributed by atoms with Crippen molar-refractivity contribution in [2.45, 2.75) is 25.3 Å². The van der Waals surface area contributed by atoms with E-state index in [0.29, 0.717) is 6.04 Å². The fourth-order valence-electron chi connectivity index (χ4n) is 2.22. The summed E-state index contributed by atoms with van der Waals surface area (Å²) < 4.78 is 12.7. The average Bonchev–Trinajstić information content (AvgIpc) is 3.19. The fraction of sp³-hybridized carbons (Fsp3) is 0.429. The molecule has 1 fully saturated rings. The van der Waals surface area contributed by atoms with Crippen molar-refractivity contribution in [2.75, 3.05) is 14.2 Å². The maximum absolute atomic E-state index is 5.32. The van der Waals surface area contributed by atoms with Crippen LogP contribution in [0.4, 0.5) is 0 Å². The first kappa shape index (κ1) is 12.0. The molecule has 0 saturated heterocycles. The molecule has 0 amide bonds. The summed E-state index contributed by atoms with van der Waals surface area (Å²) in [5.41, 5.74) is 1.15. The predicted molar refractivity (Wildman–Crippen MR) is 70.6 cm³/mol. The maximum Gasteiger partial charge on any atom is 0.161 e. The van der Waals surface area contributed by atoms with Gasteiger partial charge < -0.3 is 14.0 Å². The Morgan fingerprint density at radius 2 is 2.00 bits per heavy atom. The normalized spacial score (nSPS) is 14.4. The monoisotopic (exact) mass is 259 g/mol. The van der Waals surface area contributed by atoms with Gasteiger partial charge in [0.05, 0.1) is 14.2 Å². The third-order valence-electron chi connectivity index (χ3n) is 3.40. The van der Waals surface area contributed by atoms with Crippen molar-refractivity contribution < 1.29 is 9.47 Å². The number of hydrogen-bond donors (Lipinski definition) is 0. The largest absolute Gasteiger partial charge is 0.493 e. The van der Waals surface area contributed by atoms with E-state index >= 15 is 0 Å². The number of ether oxygens (including phenoxy) is 2. The van der Waals surface area contributed by atoms with E-state index < -0.39 is 0 Å². The second-order valence-electron chi connectivity index (χ2n) is 4.75. The summed E-state index contributed by atoms with van der Waals surface area (Å²) in [5.74, 6) is 2.50. The number of nitrogens with zero attached hydrogens (tertiary/aromatic N) is 3. The van der Waals surface area contributed by atoms with E-state index in [9.17, 15) is 0 Å². The zero-order valence-corrected chi connectivity index (χ0v) is 11.2. The van der Waals surface area contributed by atoms with Crippen LogP contribution >= 0.6 is 0 Å². The van der Waals surface area contributed by atoms with Gasteiger partial charge in [0.15, 0.2) is 11.5 Å². The Morgan fingerprint density at radius 3 is 2.68 bits per heavy atom. The SMILES string of the molecule is COc1ccc(Cc2nncn2C2CC2)cc1OC. The van der Waals surface area contributed by atoms with Crippen molar-refractivity contribution in [3.05, 3.63) is 35.9 Å². The molecule has 0 bridgehead atoms. The third kappa shape index (κ3) is 2.41. The van der Waals surface area contributed by atoms with Gasteiger partial charge in [-0.2, -0.15) is 0 Å². The molecule has 100 valence electrons. The standard InChI is InChI=1S/C14H17N3O2/c1-18-12-6-3-10(7-13(12)19-2)8-14-16-15-9-17(14)11-4-5-11/h3,6-7,9,11H,4-5,8H2,1-2H3. The van der Waals surface area contributed by atoms with Gasteiger partial charge in [0.1, 0.15) is 12.2 Å². The van der Waals surface area contributed by atoms with E-state index in [1.807, 2.05) is 24.5 Å². The van der Waals surface area contributed by atoms with Crippen molar-refractivity contribution in [1.29, 1.82) is 0 Å². The highest BCUT2D eigenvalue weighted by Gasteiger charge is 2.26. The smallest absolute Gasteiger partial charge is 0.161 e. The molecule has 0 spiro atoms. The van der Waals surface area contributed by atoms with Gasteiger partial charge in [0.25, 0.3) is 0 Å².